The molecule has 0 aliphatic rings. The fraction of sp³-hybridized carbons (Fsp3) is 0.750. The molecule has 1 aromatic heterocycles. The van der Waals surface area contributed by atoms with E-state index in [-0.39, 0.29) is 11.5 Å². The highest BCUT2D eigenvalue weighted by molar-refractivity contribution is 6.30. The van der Waals surface area contributed by atoms with Crippen molar-refractivity contribution in [3.63, 3.8) is 0 Å². The van der Waals surface area contributed by atoms with Gasteiger partial charge < -0.3 is 10.4 Å². The second-order valence-electron chi connectivity index (χ2n) is 5.49. The van der Waals surface area contributed by atoms with E-state index in [4.69, 9.17) is 11.6 Å². The lowest BCUT2D eigenvalue weighted by Crippen LogP contribution is -2.36. The number of nitrogens with one attached hydrogen (secondary N) is 1. The normalized spacial score (nSPS) is 14.1. The van der Waals surface area contributed by atoms with Gasteiger partial charge >= 0.3 is 0 Å². The Morgan fingerprint density at radius 3 is 2.47 bits per heavy atom. The highest BCUT2D eigenvalue weighted by Crippen LogP contribution is 2.20. The molecule has 0 aromatic carbocycles. The van der Waals surface area contributed by atoms with Crippen molar-refractivity contribution in [2.75, 3.05) is 6.54 Å². The Hall–Kier alpha value is -0.580. The molecule has 0 amide bonds. The van der Waals surface area contributed by atoms with E-state index >= 15 is 0 Å². The summed E-state index contributed by atoms with van der Waals surface area (Å²) in [6.45, 7) is 9.16. The first-order valence-electron chi connectivity index (χ1n) is 5.80. The van der Waals surface area contributed by atoms with Gasteiger partial charge in [0.2, 0.25) is 0 Å². The summed E-state index contributed by atoms with van der Waals surface area (Å²) in [6, 6.07) is 0. The standard InChI is InChI=1S/C12H22ClN3O/c1-8-9(11(13)16(5)15-8)6-14-7-10(17)12(2,3)4/h10,14,17H,6-7H2,1-5H3. The van der Waals surface area contributed by atoms with Crippen LogP contribution in [-0.4, -0.2) is 27.5 Å². The van der Waals surface area contributed by atoms with Crippen molar-refractivity contribution in [1.29, 1.82) is 0 Å². The first-order chi connectivity index (χ1) is 7.73. The number of aliphatic hydroxyl groups is 1. The van der Waals surface area contributed by atoms with Crippen LogP contribution in [0.2, 0.25) is 5.15 Å². The molecule has 2 N–H and O–H groups in total. The van der Waals surface area contributed by atoms with E-state index in [0.717, 1.165) is 11.3 Å². The fourth-order valence-electron chi connectivity index (χ4n) is 1.51. The molecule has 98 valence electrons. The summed E-state index contributed by atoms with van der Waals surface area (Å²) < 4.78 is 1.66. The third kappa shape index (κ3) is 3.69. The molecule has 1 atom stereocenters. The van der Waals surface area contributed by atoms with Crippen LogP contribution in [-0.2, 0) is 13.6 Å². The molecule has 0 bridgehead atoms. The van der Waals surface area contributed by atoms with E-state index in [9.17, 15) is 5.11 Å². The summed E-state index contributed by atoms with van der Waals surface area (Å²) >= 11 is 6.12. The number of halogens is 1. The molecule has 5 heteroatoms. The maximum absolute atomic E-state index is 9.89. The van der Waals surface area contributed by atoms with Crippen LogP contribution in [0, 0.1) is 12.3 Å². The maximum atomic E-state index is 9.89. The Morgan fingerprint density at radius 2 is 2.06 bits per heavy atom. The van der Waals surface area contributed by atoms with Crippen LogP contribution in [0.5, 0.6) is 0 Å². The monoisotopic (exact) mass is 259 g/mol. The molecule has 0 spiro atoms. The maximum Gasteiger partial charge on any atom is 0.131 e. The minimum atomic E-state index is -0.377. The lowest BCUT2D eigenvalue weighted by atomic mass is 9.89. The Labute approximate surface area is 108 Å². The lowest BCUT2D eigenvalue weighted by Gasteiger charge is -2.26. The second-order valence-corrected chi connectivity index (χ2v) is 5.85. The largest absolute Gasteiger partial charge is 0.391 e. The Bertz CT molecular complexity index is 382. The molecule has 17 heavy (non-hydrogen) atoms. The SMILES string of the molecule is Cc1nn(C)c(Cl)c1CNCC(O)C(C)(C)C. The summed E-state index contributed by atoms with van der Waals surface area (Å²) in [7, 11) is 1.82. The molecule has 4 nitrogen and oxygen atoms in total. The van der Waals surface area contributed by atoms with Crippen molar-refractivity contribution in [2.45, 2.75) is 40.3 Å². The molecule has 1 heterocycles. The smallest absolute Gasteiger partial charge is 0.131 e. The molecule has 0 saturated carbocycles. The molecule has 0 fully saturated rings. The van der Waals surface area contributed by atoms with Crippen LogP contribution in [0.1, 0.15) is 32.0 Å². The Balaban J connectivity index is 2.52. The van der Waals surface area contributed by atoms with Gasteiger partial charge in [-0.05, 0) is 12.3 Å². The zero-order valence-corrected chi connectivity index (χ0v) is 12.0. The van der Waals surface area contributed by atoms with Gasteiger partial charge in [-0.25, -0.2) is 0 Å². The molecule has 0 radical (unpaired) electrons. The first kappa shape index (κ1) is 14.5. The van der Waals surface area contributed by atoms with Gasteiger partial charge in [-0.2, -0.15) is 5.10 Å². The molecule has 0 aliphatic carbocycles. The van der Waals surface area contributed by atoms with Crippen LogP contribution in [0.3, 0.4) is 0 Å². The molecular weight excluding hydrogens is 238 g/mol. The number of hydrogen-bond acceptors (Lipinski definition) is 3. The minimum Gasteiger partial charge on any atom is -0.391 e. The molecule has 0 aliphatic heterocycles. The van der Waals surface area contributed by atoms with E-state index in [1.807, 2.05) is 34.7 Å². The summed E-state index contributed by atoms with van der Waals surface area (Å²) in [4.78, 5) is 0. The number of aromatic nitrogens is 2. The highest BCUT2D eigenvalue weighted by atomic mass is 35.5. The second kappa shape index (κ2) is 5.38. The zero-order chi connectivity index (χ0) is 13.2. The fourth-order valence-corrected chi connectivity index (χ4v) is 1.76. The highest BCUT2D eigenvalue weighted by Gasteiger charge is 2.21. The van der Waals surface area contributed by atoms with E-state index in [0.29, 0.717) is 18.2 Å². The third-order valence-corrected chi connectivity index (χ3v) is 3.38. The first-order valence-corrected chi connectivity index (χ1v) is 6.18. The average Bonchev–Trinajstić information content (AvgIpc) is 2.42. The van der Waals surface area contributed by atoms with Gasteiger partial charge in [0.25, 0.3) is 0 Å². The molecular formula is C12H22ClN3O. The number of rotatable bonds is 4. The summed E-state index contributed by atoms with van der Waals surface area (Å²) in [5, 5.41) is 18.0. The van der Waals surface area contributed by atoms with Crippen molar-refractivity contribution in [1.82, 2.24) is 15.1 Å². The van der Waals surface area contributed by atoms with Gasteiger partial charge in [0.15, 0.2) is 0 Å². The number of aliphatic hydroxyl groups excluding tert-OH is 1. The predicted molar refractivity (Wildman–Crippen MR) is 70.1 cm³/mol. The summed E-state index contributed by atoms with van der Waals surface area (Å²) in [6.07, 6.45) is -0.377. The van der Waals surface area contributed by atoms with Gasteiger partial charge in [-0.15, -0.1) is 0 Å². The number of hydrogen-bond donors (Lipinski definition) is 2. The van der Waals surface area contributed by atoms with Crippen molar-refractivity contribution in [2.24, 2.45) is 12.5 Å². The van der Waals surface area contributed by atoms with Crippen LogP contribution < -0.4 is 5.32 Å². The van der Waals surface area contributed by atoms with Crippen LogP contribution >= 0.6 is 11.6 Å². The predicted octanol–water partition coefficient (Wildman–Crippen LogP) is 1.88. The van der Waals surface area contributed by atoms with Crippen molar-refractivity contribution in [3.05, 3.63) is 16.4 Å². The minimum absolute atomic E-state index is 0.110. The van der Waals surface area contributed by atoms with E-state index in [2.05, 4.69) is 10.4 Å². The lowest BCUT2D eigenvalue weighted by molar-refractivity contribution is 0.0627. The van der Waals surface area contributed by atoms with Gasteiger partial charge in [0, 0.05) is 25.7 Å². The van der Waals surface area contributed by atoms with Gasteiger partial charge in [0.05, 0.1) is 11.8 Å². The molecule has 1 aromatic rings. The van der Waals surface area contributed by atoms with Crippen LogP contribution in [0.4, 0.5) is 0 Å². The van der Waals surface area contributed by atoms with E-state index in [1.54, 1.807) is 4.68 Å². The summed E-state index contributed by atoms with van der Waals surface area (Å²) in [5.74, 6) is 0. The van der Waals surface area contributed by atoms with Gasteiger partial charge in [-0.1, -0.05) is 32.4 Å². The van der Waals surface area contributed by atoms with Crippen molar-refractivity contribution >= 4 is 11.6 Å². The van der Waals surface area contributed by atoms with Crippen LogP contribution in [0.15, 0.2) is 0 Å². The van der Waals surface area contributed by atoms with Crippen molar-refractivity contribution < 1.29 is 5.11 Å². The molecule has 0 saturated heterocycles. The number of nitrogens with zero attached hydrogens (tertiary/aromatic N) is 2. The van der Waals surface area contributed by atoms with Crippen LogP contribution in [0.25, 0.3) is 0 Å². The summed E-state index contributed by atoms with van der Waals surface area (Å²) in [5.41, 5.74) is 1.81. The molecule has 1 rings (SSSR count). The Kier molecular flexibility index (Phi) is 4.58. The topological polar surface area (TPSA) is 50.1 Å². The van der Waals surface area contributed by atoms with E-state index in [1.165, 1.54) is 0 Å². The number of aryl methyl sites for hydroxylation is 2. The molecule has 1 unspecified atom stereocenters. The Morgan fingerprint density at radius 1 is 1.47 bits per heavy atom. The zero-order valence-electron chi connectivity index (χ0n) is 11.2. The average molecular weight is 260 g/mol. The third-order valence-electron chi connectivity index (χ3n) is 2.91. The van der Waals surface area contributed by atoms with Crippen molar-refractivity contribution in [3.8, 4) is 0 Å². The quantitative estimate of drug-likeness (QED) is 0.868. The van der Waals surface area contributed by atoms with Gasteiger partial charge in [-0.3, -0.25) is 4.68 Å². The van der Waals surface area contributed by atoms with Gasteiger partial charge in [0.1, 0.15) is 5.15 Å². The van der Waals surface area contributed by atoms with E-state index < -0.39 is 0 Å².